The fourth-order valence-electron chi connectivity index (χ4n) is 3.17. The van der Waals surface area contributed by atoms with Crippen LogP contribution in [0.4, 0.5) is 4.39 Å². The molecule has 0 radical (unpaired) electrons. The van der Waals surface area contributed by atoms with E-state index >= 15 is 0 Å². The van der Waals surface area contributed by atoms with Crippen LogP contribution in [0.3, 0.4) is 0 Å². The zero-order chi connectivity index (χ0) is 21.5. The average molecular weight is 436 g/mol. The number of carbonyl (C=O) groups excluding carboxylic acids is 2. The predicted molar refractivity (Wildman–Crippen MR) is 111 cm³/mol. The number of nitrogens with one attached hydrogen (secondary N) is 2. The number of aromatic nitrogens is 3. The van der Waals surface area contributed by atoms with Crippen molar-refractivity contribution >= 4 is 23.6 Å². The molecule has 2 aromatic rings. The Morgan fingerprint density at radius 1 is 1.33 bits per heavy atom. The Morgan fingerprint density at radius 3 is 2.77 bits per heavy atom. The molecule has 2 heterocycles. The van der Waals surface area contributed by atoms with Crippen molar-refractivity contribution in [3.8, 4) is 11.4 Å². The van der Waals surface area contributed by atoms with Crippen LogP contribution in [0.2, 0.25) is 0 Å². The van der Waals surface area contributed by atoms with E-state index in [-0.39, 0.29) is 29.5 Å². The fraction of sp³-hybridized carbons (Fsp3) is 0.500. The van der Waals surface area contributed by atoms with E-state index in [1.54, 1.807) is 19.1 Å². The number of benzene rings is 1. The van der Waals surface area contributed by atoms with Crippen LogP contribution >= 0.6 is 11.8 Å². The number of halogens is 1. The highest BCUT2D eigenvalue weighted by Gasteiger charge is 2.23. The van der Waals surface area contributed by atoms with Crippen molar-refractivity contribution in [2.75, 3.05) is 18.9 Å². The summed E-state index contributed by atoms with van der Waals surface area (Å²) in [4.78, 5) is 24.1. The Morgan fingerprint density at radius 2 is 2.10 bits per heavy atom. The molecule has 8 nitrogen and oxygen atoms in total. The quantitative estimate of drug-likeness (QED) is 0.585. The summed E-state index contributed by atoms with van der Waals surface area (Å²) in [5, 5.41) is 14.4. The van der Waals surface area contributed by atoms with Crippen molar-refractivity contribution in [2.45, 2.75) is 50.5 Å². The van der Waals surface area contributed by atoms with Crippen molar-refractivity contribution in [3.05, 3.63) is 30.1 Å². The smallest absolute Gasteiger partial charge is 0.242 e. The SMILES string of the molecule is CCNC(=O)[C@H](C)NC(=O)CSc1nnc(-c2ccc(F)cc2)n1C[C@H]1CCCO1. The number of carbonyl (C=O) groups is 2. The number of hydrogen-bond acceptors (Lipinski definition) is 6. The maximum atomic E-state index is 13.3. The van der Waals surface area contributed by atoms with Gasteiger partial charge < -0.3 is 15.4 Å². The normalized spacial score (nSPS) is 17.0. The van der Waals surface area contributed by atoms with Gasteiger partial charge in [-0.1, -0.05) is 11.8 Å². The fourth-order valence-corrected chi connectivity index (χ4v) is 3.93. The number of ether oxygens (including phenoxy) is 1. The van der Waals surface area contributed by atoms with Crippen LogP contribution in [-0.2, 0) is 20.9 Å². The molecule has 1 aromatic carbocycles. The van der Waals surface area contributed by atoms with Gasteiger partial charge in [-0.15, -0.1) is 10.2 Å². The lowest BCUT2D eigenvalue weighted by Gasteiger charge is -2.15. The molecule has 1 saturated heterocycles. The summed E-state index contributed by atoms with van der Waals surface area (Å²) in [6.07, 6.45) is 1.99. The number of amides is 2. The number of likely N-dealkylation sites (N-methyl/N-ethyl adjacent to an activating group) is 1. The summed E-state index contributed by atoms with van der Waals surface area (Å²) < 4.78 is 21.0. The zero-order valence-electron chi connectivity index (χ0n) is 17.1. The Hall–Kier alpha value is -2.46. The molecule has 2 atom stereocenters. The summed E-state index contributed by atoms with van der Waals surface area (Å²) in [5.74, 6) is -0.123. The minimum absolute atomic E-state index is 0.0473. The first-order valence-corrected chi connectivity index (χ1v) is 11.0. The minimum Gasteiger partial charge on any atom is -0.376 e. The first-order chi connectivity index (χ1) is 14.5. The molecule has 1 aliphatic rings. The van der Waals surface area contributed by atoms with Crippen LogP contribution in [0.5, 0.6) is 0 Å². The molecule has 0 saturated carbocycles. The number of rotatable bonds is 9. The third-order valence-electron chi connectivity index (χ3n) is 4.68. The highest BCUT2D eigenvalue weighted by atomic mass is 32.2. The van der Waals surface area contributed by atoms with Gasteiger partial charge in [0, 0.05) is 18.7 Å². The van der Waals surface area contributed by atoms with Crippen molar-refractivity contribution in [1.29, 1.82) is 0 Å². The van der Waals surface area contributed by atoms with Gasteiger partial charge in [-0.2, -0.15) is 0 Å². The van der Waals surface area contributed by atoms with E-state index < -0.39 is 6.04 Å². The molecule has 0 aliphatic carbocycles. The third kappa shape index (κ3) is 5.79. The molecule has 1 fully saturated rings. The Labute approximate surface area is 179 Å². The van der Waals surface area contributed by atoms with Gasteiger partial charge >= 0.3 is 0 Å². The summed E-state index contributed by atoms with van der Waals surface area (Å²) >= 11 is 1.24. The minimum atomic E-state index is -0.613. The molecule has 30 heavy (non-hydrogen) atoms. The molecule has 0 unspecified atom stereocenters. The lowest BCUT2D eigenvalue weighted by Crippen LogP contribution is -2.45. The van der Waals surface area contributed by atoms with Crippen molar-refractivity contribution in [3.63, 3.8) is 0 Å². The van der Waals surface area contributed by atoms with Gasteiger partial charge in [0.1, 0.15) is 11.9 Å². The molecule has 0 bridgehead atoms. The number of thioether (sulfide) groups is 1. The number of nitrogens with zero attached hydrogens (tertiary/aromatic N) is 3. The van der Waals surface area contributed by atoms with Gasteiger partial charge in [-0.05, 0) is 51.0 Å². The molecular formula is C20H26FN5O3S. The van der Waals surface area contributed by atoms with Crippen molar-refractivity contribution in [2.24, 2.45) is 0 Å². The molecule has 162 valence electrons. The Balaban J connectivity index is 1.71. The van der Waals surface area contributed by atoms with Gasteiger partial charge in [0.15, 0.2) is 11.0 Å². The van der Waals surface area contributed by atoms with Crippen LogP contribution in [0.1, 0.15) is 26.7 Å². The van der Waals surface area contributed by atoms with E-state index in [9.17, 15) is 14.0 Å². The van der Waals surface area contributed by atoms with Gasteiger partial charge in [-0.3, -0.25) is 14.2 Å². The number of hydrogen-bond donors (Lipinski definition) is 2. The topological polar surface area (TPSA) is 98.1 Å². The highest BCUT2D eigenvalue weighted by Crippen LogP contribution is 2.26. The van der Waals surface area contributed by atoms with Crippen LogP contribution in [0.15, 0.2) is 29.4 Å². The third-order valence-corrected chi connectivity index (χ3v) is 5.65. The van der Waals surface area contributed by atoms with E-state index in [4.69, 9.17) is 4.74 Å². The van der Waals surface area contributed by atoms with Crippen molar-refractivity contribution < 1.29 is 18.7 Å². The largest absolute Gasteiger partial charge is 0.376 e. The summed E-state index contributed by atoms with van der Waals surface area (Å²) in [5.41, 5.74) is 0.739. The molecule has 1 aliphatic heterocycles. The second kappa shape index (κ2) is 10.5. The standard InChI is InChI=1S/C20H26FN5O3S/c1-3-22-19(28)13(2)23-17(27)12-30-20-25-24-18(14-6-8-15(21)9-7-14)26(20)11-16-5-4-10-29-16/h6-9,13,16H,3-5,10-12H2,1-2H3,(H,22,28)(H,23,27)/t13-,16+/m0/s1. The van der Waals surface area contributed by atoms with E-state index in [1.165, 1.54) is 23.9 Å². The molecule has 3 rings (SSSR count). The summed E-state index contributed by atoms with van der Waals surface area (Å²) in [6.45, 7) is 5.24. The van der Waals surface area contributed by atoms with Crippen LogP contribution in [-0.4, -0.2) is 57.6 Å². The van der Waals surface area contributed by atoms with Gasteiger partial charge in [0.05, 0.1) is 18.4 Å². The second-order valence-electron chi connectivity index (χ2n) is 7.03. The molecule has 2 N–H and O–H groups in total. The van der Waals surface area contributed by atoms with Gasteiger partial charge in [-0.25, -0.2) is 4.39 Å². The predicted octanol–water partition coefficient (Wildman–Crippen LogP) is 2.00. The summed E-state index contributed by atoms with van der Waals surface area (Å²) in [7, 11) is 0. The van der Waals surface area contributed by atoms with Crippen LogP contribution in [0, 0.1) is 5.82 Å². The Kier molecular flexibility index (Phi) is 7.81. The molecule has 0 spiro atoms. The van der Waals surface area contributed by atoms with Crippen LogP contribution < -0.4 is 10.6 Å². The lowest BCUT2D eigenvalue weighted by atomic mass is 10.2. The molecule has 1 aromatic heterocycles. The first-order valence-electron chi connectivity index (χ1n) is 9.98. The molecule has 2 amide bonds. The molecule has 10 heteroatoms. The van der Waals surface area contributed by atoms with E-state index in [0.29, 0.717) is 24.1 Å². The zero-order valence-corrected chi connectivity index (χ0v) is 17.9. The highest BCUT2D eigenvalue weighted by molar-refractivity contribution is 7.99. The summed E-state index contributed by atoms with van der Waals surface area (Å²) in [6, 6.07) is 5.45. The lowest BCUT2D eigenvalue weighted by molar-refractivity contribution is -0.127. The molecular weight excluding hydrogens is 409 g/mol. The van der Waals surface area contributed by atoms with E-state index in [2.05, 4.69) is 20.8 Å². The monoisotopic (exact) mass is 435 g/mol. The average Bonchev–Trinajstić information content (AvgIpc) is 3.38. The van der Waals surface area contributed by atoms with Crippen LogP contribution in [0.25, 0.3) is 11.4 Å². The van der Waals surface area contributed by atoms with E-state index in [1.807, 2.05) is 11.5 Å². The second-order valence-corrected chi connectivity index (χ2v) is 7.97. The Bertz CT molecular complexity index is 868. The van der Waals surface area contributed by atoms with Gasteiger partial charge in [0.25, 0.3) is 0 Å². The first kappa shape index (κ1) is 22.2. The maximum Gasteiger partial charge on any atom is 0.242 e. The van der Waals surface area contributed by atoms with Crippen molar-refractivity contribution in [1.82, 2.24) is 25.4 Å². The van der Waals surface area contributed by atoms with Gasteiger partial charge in [0.2, 0.25) is 11.8 Å². The maximum absolute atomic E-state index is 13.3. The van der Waals surface area contributed by atoms with E-state index in [0.717, 1.165) is 25.0 Å².